The molecule has 0 aromatic rings. The molecule has 0 saturated heterocycles. The van der Waals surface area contributed by atoms with Crippen LogP contribution >= 0.6 is 7.44 Å². The summed E-state index contributed by atoms with van der Waals surface area (Å²) in [5, 5.41) is 0. The van der Waals surface area contributed by atoms with Crippen LogP contribution in [0.25, 0.3) is 0 Å². The zero-order valence-corrected chi connectivity index (χ0v) is 10.3. The van der Waals surface area contributed by atoms with Crippen LogP contribution in [0, 0.1) is 17.8 Å². The summed E-state index contributed by atoms with van der Waals surface area (Å²) >= 11 is 0. The minimum atomic E-state index is -2.89. The first-order valence-corrected chi connectivity index (χ1v) is 7.40. The second kappa shape index (κ2) is 4.34. The van der Waals surface area contributed by atoms with Crippen molar-refractivity contribution in [2.24, 2.45) is 28.8 Å². The predicted molar refractivity (Wildman–Crippen MR) is 61.1 cm³/mol. The monoisotopic (exact) mass is 218 g/mol. The van der Waals surface area contributed by atoms with Gasteiger partial charge in [0, 0.05) is 5.66 Å². The third-order valence-corrected chi connectivity index (χ3v) is 5.14. The highest BCUT2D eigenvalue weighted by molar-refractivity contribution is 7.59. The Morgan fingerprint density at radius 3 is 2.29 bits per heavy atom. The fraction of sp³-hybridized carbons (Fsp3) is 1.00. The van der Waals surface area contributed by atoms with E-state index >= 15 is 0 Å². The van der Waals surface area contributed by atoms with E-state index in [1.165, 1.54) is 6.42 Å². The maximum Gasteiger partial charge on any atom is 0.209 e. The Kier molecular flexibility index (Phi) is 3.79. The third kappa shape index (κ3) is 2.82. The van der Waals surface area contributed by atoms with E-state index in [0.717, 1.165) is 12.8 Å². The van der Waals surface area contributed by atoms with Crippen LogP contribution in [-0.4, -0.2) is 5.66 Å². The molecule has 1 saturated carbocycles. The summed E-state index contributed by atoms with van der Waals surface area (Å²) in [5.74, 6) is 1.61. The maximum absolute atomic E-state index is 11.8. The van der Waals surface area contributed by atoms with Crippen LogP contribution in [-0.2, 0) is 4.57 Å². The molecule has 3 atom stereocenters. The second-order valence-electron chi connectivity index (χ2n) is 5.16. The molecule has 0 aliphatic heterocycles. The fourth-order valence-corrected chi connectivity index (χ4v) is 4.40. The Morgan fingerprint density at radius 1 is 1.29 bits per heavy atom. The van der Waals surface area contributed by atoms with Crippen molar-refractivity contribution in [2.75, 3.05) is 0 Å². The van der Waals surface area contributed by atoms with E-state index in [-0.39, 0.29) is 5.66 Å². The summed E-state index contributed by atoms with van der Waals surface area (Å²) in [4.78, 5) is 0. The summed E-state index contributed by atoms with van der Waals surface area (Å²) in [5.41, 5.74) is 11.3. The van der Waals surface area contributed by atoms with Gasteiger partial charge in [-0.25, -0.2) is 0 Å². The van der Waals surface area contributed by atoms with Gasteiger partial charge in [0.15, 0.2) is 0 Å². The van der Waals surface area contributed by atoms with E-state index in [1.807, 2.05) is 0 Å². The van der Waals surface area contributed by atoms with Crippen LogP contribution in [0.5, 0.6) is 0 Å². The van der Waals surface area contributed by atoms with Crippen molar-refractivity contribution < 1.29 is 4.57 Å². The number of rotatable bonds is 2. The average Bonchev–Trinajstić information content (AvgIpc) is 2.01. The van der Waals surface area contributed by atoms with Crippen LogP contribution < -0.4 is 11.0 Å². The SMILES string of the molecule is CC1CCC(C(C)C)C(P(N)(N)=O)C1. The topological polar surface area (TPSA) is 69.1 Å². The van der Waals surface area contributed by atoms with E-state index < -0.39 is 7.44 Å². The van der Waals surface area contributed by atoms with Crippen molar-refractivity contribution >= 4 is 7.44 Å². The molecule has 0 radical (unpaired) electrons. The smallest absolute Gasteiger partial charge is 0.209 e. The van der Waals surface area contributed by atoms with Crippen molar-refractivity contribution in [1.82, 2.24) is 0 Å². The van der Waals surface area contributed by atoms with Crippen molar-refractivity contribution in [1.29, 1.82) is 0 Å². The molecule has 4 heteroatoms. The second-order valence-corrected chi connectivity index (χ2v) is 7.35. The van der Waals surface area contributed by atoms with Gasteiger partial charge in [-0.2, -0.15) is 0 Å². The number of hydrogen-bond acceptors (Lipinski definition) is 1. The highest BCUT2D eigenvalue weighted by atomic mass is 31.2. The van der Waals surface area contributed by atoms with Crippen LogP contribution in [0.3, 0.4) is 0 Å². The van der Waals surface area contributed by atoms with Gasteiger partial charge in [-0.3, -0.25) is 15.6 Å². The van der Waals surface area contributed by atoms with Crippen LogP contribution in [0.15, 0.2) is 0 Å². The van der Waals surface area contributed by atoms with Gasteiger partial charge in [0.25, 0.3) is 0 Å². The lowest BCUT2D eigenvalue weighted by molar-refractivity contribution is 0.236. The molecule has 0 aromatic heterocycles. The third-order valence-electron chi connectivity index (χ3n) is 3.51. The standard InChI is InChI=1S/C10H23N2OP/c1-7(2)9-5-4-8(3)6-10(9)14(11,12)13/h7-10H,4-6H2,1-3H3,(H4,11,12,13). The molecule has 0 aromatic carbocycles. The molecule has 4 N–H and O–H groups in total. The Balaban J connectivity index is 2.79. The lowest BCUT2D eigenvalue weighted by Crippen LogP contribution is -2.36. The zero-order valence-electron chi connectivity index (χ0n) is 9.44. The van der Waals surface area contributed by atoms with Gasteiger partial charge in [0.1, 0.15) is 0 Å². The van der Waals surface area contributed by atoms with E-state index in [1.54, 1.807) is 0 Å². The summed E-state index contributed by atoms with van der Waals surface area (Å²) in [7, 11) is -2.89. The van der Waals surface area contributed by atoms with Crippen LogP contribution in [0.1, 0.15) is 40.0 Å². The lowest BCUT2D eigenvalue weighted by Gasteiger charge is -2.38. The van der Waals surface area contributed by atoms with Crippen molar-refractivity contribution in [3.05, 3.63) is 0 Å². The van der Waals surface area contributed by atoms with Gasteiger partial charge in [-0.15, -0.1) is 0 Å². The maximum atomic E-state index is 11.8. The minimum Gasteiger partial charge on any atom is -0.289 e. The Hall–Kier alpha value is 0.150. The predicted octanol–water partition coefficient (Wildman–Crippen LogP) is 2.56. The van der Waals surface area contributed by atoms with Crippen molar-refractivity contribution in [2.45, 2.75) is 45.7 Å². The van der Waals surface area contributed by atoms with E-state index in [9.17, 15) is 4.57 Å². The van der Waals surface area contributed by atoms with E-state index in [4.69, 9.17) is 11.0 Å². The normalized spacial score (nSPS) is 34.9. The first kappa shape index (κ1) is 12.2. The molecule has 0 heterocycles. The first-order valence-electron chi connectivity index (χ1n) is 5.49. The van der Waals surface area contributed by atoms with Crippen LogP contribution in [0.4, 0.5) is 0 Å². The molecule has 1 rings (SSSR count). The van der Waals surface area contributed by atoms with Gasteiger partial charge in [-0.1, -0.05) is 27.2 Å². The molecule has 3 nitrogen and oxygen atoms in total. The zero-order chi connectivity index (χ0) is 10.9. The quantitative estimate of drug-likeness (QED) is 0.700. The molecular formula is C10H23N2OP. The van der Waals surface area contributed by atoms with E-state index in [2.05, 4.69) is 20.8 Å². The summed E-state index contributed by atoms with van der Waals surface area (Å²) in [6.07, 6.45) is 3.29. The highest BCUT2D eigenvalue weighted by Crippen LogP contribution is 2.49. The molecule has 0 amide bonds. The van der Waals surface area contributed by atoms with Crippen LogP contribution in [0.2, 0.25) is 0 Å². The Morgan fingerprint density at radius 2 is 1.86 bits per heavy atom. The van der Waals surface area contributed by atoms with Gasteiger partial charge >= 0.3 is 0 Å². The lowest BCUT2D eigenvalue weighted by atomic mass is 9.77. The summed E-state index contributed by atoms with van der Waals surface area (Å²) in [6.45, 7) is 6.53. The molecule has 1 aliphatic carbocycles. The van der Waals surface area contributed by atoms with Gasteiger partial charge in [0.05, 0.1) is 0 Å². The van der Waals surface area contributed by atoms with E-state index in [0.29, 0.717) is 17.8 Å². The molecular weight excluding hydrogens is 195 g/mol. The average molecular weight is 218 g/mol. The van der Waals surface area contributed by atoms with Gasteiger partial charge < -0.3 is 0 Å². The van der Waals surface area contributed by atoms with Gasteiger partial charge in [-0.05, 0) is 30.6 Å². The Bertz CT molecular complexity index is 236. The van der Waals surface area contributed by atoms with Gasteiger partial charge in [0.2, 0.25) is 7.44 Å². The Labute approximate surface area is 87.1 Å². The molecule has 1 fully saturated rings. The number of hydrogen-bond donors (Lipinski definition) is 2. The van der Waals surface area contributed by atoms with Crippen molar-refractivity contribution in [3.8, 4) is 0 Å². The largest absolute Gasteiger partial charge is 0.289 e. The number of nitrogens with two attached hydrogens (primary N) is 2. The summed E-state index contributed by atoms with van der Waals surface area (Å²) in [6, 6.07) is 0. The molecule has 14 heavy (non-hydrogen) atoms. The molecule has 1 aliphatic rings. The summed E-state index contributed by atoms with van der Waals surface area (Å²) < 4.78 is 11.8. The molecule has 84 valence electrons. The van der Waals surface area contributed by atoms with Crippen molar-refractivity contribution in [3.63, 3.8) is 0 Å². The molecule has 0 bridgehead atoms. The molecule has 0 spiro atoms. The highest BCUT2D eigenvalue weighted by Gasteiger charge is 2.38. The fourth-order valence-electron chi connectivity index (χ4n) is 2.62. The molecule has 3 unspecified atom stereocenters. The first-order chi connectivity index (χ1) is 6.32. The minimum absolute atomic E-state index is 0.0475.